The van der Waals surface area contributed by atoms with Crippen LogP contribution in [0.4, 0.5) is 0 Å². The number of aromatic nitrogens is 2. The highest BCUT2D eigenvalue weighted by molar-refractivity contribution is 7.26. The van der Waals surface area contributed by atoms with Crippen LogP contribution in [0.5, 0.6) is 0 Å². The average molecular weight is 447 g/mol. The highest BCUT2D eigenvalue weighted by atomic mass is 32.1. The van der Waals surface area contributed by atoms with Crippen LogP contribution in [0, 0.1) is 6.92 Å². The fraction of sp³-hybridized carbons (Fsp3) is 0.133. The summed E-state index contributed by atoms with van der Waals surface area (Å²) in [5.41, 5.74) is 8.00. The average Bonchev–Trinajstić information content (AvgIpc) is 3.22. The summed E-state index contributed by atoms with van der Waals surface area (Å²) in [6, 6.07) is 25.6. The standard InChI is InChI=1S/C30H26N2S/c1-4-6-11-21(5-2)23-14-10-15-24(19-23)27-29-28(25-17-16-20(3)18-26(25)33-29)32-30(31-27)22-12-8-7-9-13-22/h4,6-19H,5H2,1-3H3/b6-4-,21-11+. The van der Waals surface area contributed by atoms with Gasteiger partial charge in [-0.2, -0.15) is 0 Å². The van der Waals surface area contributed by atoms with Gasteiger partial charge in [0.1, 0.15) is 0 Å². The fourth-order valence-electron chi connectivity index (χ4n) is 4.16. The van der Waals surface area contributed by atoms with Crippen molar-refractivity contribution >= 4 is 37.2 Å². The summed E-state index contributed by atoms with van der Waals surface area (Å²) < 4.78 is 2.40. The number of fused-ring (bicyclic) bond motifs is 3. The Hall–Kier alpha value is -3.56. The van der Waals surface area contributed by atoms with E-state index in [9.17, 15) is 0 Å². The van der Waals surface area contributed by atoms with Crippen LogP contribution in [-0.4, -0.2) is 9.97 Å². The molecule has 0 unspecified atom stereocenters. The van der Waals surface area contributed by atoms with Gasteiger partial charge in [-0.1, -0.05) is 85.8 Å². The van der Waals surface area contributed by atoms with Crippen molar-refractivity contribution < 1.29 is 0 Å². The van der Waals surface area contributed by atoms with E-state index in [0.29, 0.717) is 0 Å². The Morgan fingerprint density at radius 1 is 0.909 bits per heavy atom. The minimum absolute atomic E-state index is 0.768. The maximum Gasteiger partial charge on any atom is 0.160 e. The minimum atomic E-state index is 0.768. The van der Waals surface area contributed by atoms with E-state index in [4.69, 9.17) is 9.97 Å². The number of hydrogen-bond donors (Lipinski definition) is 0. The molecule has 0 amide bonds. The molecule has 3 heteroatoms. The van der Waals surface area contributed by atoms with Crippen molar-refractivity contribution in [3.05, 3.63) is 102 Å². The van der Waals surface area contributed by atoms with Crippen LogP contribution in [0.3, 0.4) is 0 Å². The van der Waals surface area contributed by atoms with E-state index in [1.165, 1.54) is 26.8 Å². The van der Waals surface area contributed by atoms with Gasteiger partial charge in [-0.25, -0.2) is 9.97 Å². The molecule has 2 heterocycles. The molecule has 5 aromatic rings. The third kappa shape index (κ3) is 4.12. The molecule has 0 N–H and O–H groups in total. The number of benzene rings is 3. The van der Waals surface area contributed by atoms with E-state index < -0.39 is 0 Å². The molecule has 3 aromatic carbocycles. The maximum atomic E-state index is 5.11. The molecule has 0 aliphatic heterocycles. The van der Waals surface area contributed by atoms with Crippen molar-refractivity contribution in [1.29, 1.82) is 0 Å². The number of allylic oxidation sites excluding steroid dienone is 4. The molecule has 33 heavy (non-hydrogen) atoms. The Kier molecular flexibility index (Phi) is 5.89. The van der Waals surface area contributed by atoms with Crippen LogP contribution >= 0.6 is 11.3 Å². The lowest BCUT2D eigenvalue weighted by atomic mass is 9.99. The lowest BCUT2D eigenvalue weighted by Crippen LogP contribution is -1.94. The minimum Gasteiger partial charge on any atom is -0.226 e. The van der Waals surface area contributed by atoms with Gasteiger partial charge in [0.25, 0.3) is 0 Å². The van der Waals surface area contributed by atoms with Crippen molar-refractivity contribution in [2.24, 2.45) is 0 Å². The van der Waals surface area contributed by atoms with Gasteiger partial charge in [0.05, 0.1) is 15.9 Å². The number of thiophene rings is 1. The largest absolute Gasteiger partial charge is 0.226 e. The first kappa shape index (κ1) is 21.3. The lowest BCUT2D eigenvalue weighted by molar-refractivity contribution is 1.23. The van der Waals surface area contributed by atoms with Crippen LogP contribution in [0.15, 0.2) is 91.0 Å². The molecule has 2 aromatic heterocycles. The number of hydrogen-bond acceptors (Lipinski definition) is 3. The van der Waals surface area contributed by atoms with Gasteiger partial charge in [-0.05, 0) is 49.1 Å². The van der Waals surface area contributed by atoms with E-state index in [2.05, 4.69) is 86.7 Å². The van der Waals surface area contributed by atoms with Crippen molar-refractivity contribution in [3.63, 3.8) is 0 Å². The highest BCUT2D eigenvalue weighted by Crippen LogP contribution is 2.40. The molecule has 0 aliphatic carbocycles. The molecule has 0 radical (unpaired) electrons. The molecular formula is C30H26N2S. The zero-order valence-electron chi connectivity index (χ0n) is 19.2. The van der Waals surface area contributed by atoms with E-state index in [1.54, 1.807) is 11.3 Å². The molecule has 2 nitrogen and oxygen atoms in total. The highest BCUT2D eigenvalue weighted by Gasteiger charge is 2.17. The molecule has 5 rings (SSSR count). The third-order valence-corrected chi connectivity index (χ3v) is 7.03. The van der Waals surface area contributed by atoms with E-state index in [0.717, 1.165) is 39.3 Å². The lowest BCUT2D eigenvalue weighted by Gasteiger charge is -2.10. The zero-order chi connectivity index (χ0) is 22.8. The Labute approximate surface area is 199 Å². The van der Waals surface area contributed by atoms with Crippen LogP contribution in [0.1, 0.15) is 31.4 Å². The van der Waals surface area contributed by atoms with Gasteiger partial charge in [0.15, 0.2) is 5.82 Å². The van der Waals surface area contributed by atoms with Crippen LogP contribution in [0.2, 0.25) is 0 Å². The van der Waals surface area contributed by atoms with Crippen LogP contribution in [-0.2, 0) is 0 Å². The van der Waals surface area contributed by atoms with E-state index >= 15 is 0 Å². The zero-order valence-corrected chi connectivity index (χ0v) is 20.0. The van der Waals surface area contributed by atoms with Gasteiger partial charge in [-0.3, -0.25) is 0 Å². The Balaban J connectivity index is 1.79. The Bertz CT molecular complexity index is 1510. The molecule has 0 saturated heterocycles. The SMILES string of the molecule is C/C=C\C=C(/CC)c1cccc(-c2nc(-c3ccccc3)nc3c2sc2cc(C)ccc23)c1. The first-order valence-electron chi connectivity index (χ1n) is 11.4. The summed E-state index contributed by atoms with van der Waals surface area (Å²) in [6.45, 7) is 6.39. The molecule has 162 valence electrons. The summed E-state index contributed by atoms with van der Waals surface area (Å²) in [5.74, 6) is 0.768. The molecule has 0 aliphatic rings. The van der Waals surface area contributed by atoms with Crippen molar-refractivity contribution in [3.8, 4) is 22.6 Å². The maximum absolute atomic E-state index is 5.11. The Morgan fingerprint density at radius 2 is 1.73 bits per heavy atom. The second kappa shape index (κ2) is 9.13. The Morgan fingerprint density at radius 3 is 2.52 bits per heavy atom. The molecular weight excluding hydrogens is 420 g/mol. The molecule has 0 atom stereocenters. The van der Waals surface area contributed by atoms with Crippen LogP contribution in [0.25, 0.3) is 48.5 Å². The van der Waals surface area contributed by atoms with Gasteiger partial charge in [0.2, 0.25) is 0 Å². The van der Waals surface area contributed by atoms with Gasteiger partial charge in [0, 0.05) is 21.2 Å². The van der Waals surface area contributed by atoms with E-state index in [-0.39, 0.29) is 0 Å². The monoisotopic (exact) mass is 446 g/mol. The molecule has 0 fully saturated rings. The number of rotatable bonds is 5. The second-order valence-corrected chi connectivity index (χ2v) is 9.25. The summed E-state index contributed by atoms with van der Waals surface area (Å²) >= 11 is 1.78. The van der Waals surface area contributed by atoms with Gasteiger partial charge in [-0.15, -0.1) is 11.3 Å². The third-order valence-electron chi connectivity index (χ3n) is 5.88. The van der Waals surface area contributed by atoms with Gasteiger partial charge >= 0.3 is 0 Å². The van der Waals surface area contributed by atoms with E-state index in [1.807, 2.05) is 25.1 Å². The smallest absolute Gasteiger partial charge is 0.160 e. The number of aryl methyl sites for hydroxylation is 1. The first-order valence-corrected chi connectivity index (χ1v) is 12.2. The predicted octanol–water partition coefficient (Wildman–Crippen LogP) is 8.86. The summed E-state index contributed by atoms with van der Waals surface area (Å²) in [6.07, 6.45) is 7.35. The molecule has 0 saturated carbocycles. The summed E-state index contributed by atoms with van der Waals surface area (Å²) in [5, 5.41) is 1.19. The van der Waals surface area contributed by atoms with Crippen molar-refractivity contribution in [1.82, 2.24) is 9.97 Å². The molecule has 0 bridgehead atoms. The number of nitrogens with zero attached hydrogens (tertiary/aromatic N) is 2. The van der Waals surface area contributed by atoms with Crippen molar-refractivity contribution in [2.45, 2.75) is 27.2 Å². The predicted molar refractivity (Wildman–Crippen MR) is 144 cm³/mol. The fourth-order valence-corrected chi connectivity index (χ4v) is 5.41. The normalized spacial score (nSPS) is 12.3. The van der Waals surface area contributed by atoms with Gasteiger partial charge < -0.3 is 0 Å². The topological polar surface area (TPSA) is 25.8 Å². The quantitative estimate of drug-likeness (QED) is 0.252. The first-order chi connectivity index (χ1) is 16.2. The summed E-state index contributed by atoms with van der Waals surface area (Å²) in [4.78, 5) is 10.2. The summed E-state index contributed by atoms with van der Waals surface area (Å²) in [7, 11) is 0. The second-order valence-electron chi connectivity index (χ2n) is 8.19. The molecule has 0 spiro atoms. The van der Waals surface area contributed by atoms with Crippen LogP contribution < -0.4 is 0 Å². The van der Waals surface area contributed by atoms with Crippen molar-refractivity contribution in [2.75, 3.05) is 0 Å².